The van der Waals surface area contributed by atoms with E-state index >= 15 is 0 Å². The molecule has 1 unspecified atom stereocenters. The van der Waals surface area contributed by atoms with Gasteiger partial charge in [0.05, 0.1) is 6.10 Å². The lowest BCUT2D eigenvalue weighted by Crippen LogP contribution is -2.44. The van der Waals surface area contributed by atoms with E-state index in [9.17, 15) is 9.50 Å². The van der Waals surface area contributed by atoms with Crippen LogP contribution in [0, 0.1) is 5.82 Å². The van der Waals surface area contributed by atoms with Gasteiger partial charge >= 0.3 is 0 Å². The average molecular weight is 265 g/mol. The largest absolute Gasteiger partial charge is 0.485 e. The van der Waals surface area contributed by atoms with Crippen molar-refractivity contribution in [1.29, 1.82) is 0 Å². The molecule has 1 aromatic rings. The van der Waals surface area contributed by atoms with E-state index in [1.54, 1.807) is 6.07 Å². The molecule has 3 rings (SSSR count). The third-order valence-electron chi connectivity index (χ3n) is 4.30. The quantitative estimate of drug-likeness (QED) is 0.847. The van der Waals surface area contributed by atoms with Crippen molar-refractivity contribution >= 4 is 0 Å². The molecule has 1 fully saturated rings. The molecule has 1 aromatic carbocycles. The summed E-state index contributed by atoms with van der Waals surface area (Å²) < 4.78 is 19.4. The molecule has 3 nitrogen and oxygen atoms in total. The normalized spacial score (nSPS) is 30.7. The Morgan fingerprint density at radius 1 is 1.47 bits per heavy atom. The zero-order valence-corrected chi connectivity index (χ0v) is 11.4. The molecular formula is C15H20FNO2. The van der Waals surface area contributed by atoms with Gasteiger partial charge in [0, 0.05) is 43.6 Å². The topological polar surface area (TPSA) is 32.7 Å². The molecule has 104 valence electrons. The van der Waals surface area contributed by atoms with Gasteiger partial charge in [0.25, 0.3) is 0 Å². The molecule has 2 aliphatic heterocycles. The Balaban J connectivity index is 1.88. The average Bonchev–Trinajstić information content (AvgIpc) is 2.72. The smallest absolute Gasteiger partial charge is 0.128 e. The Bertz CT molecular complexity index is 491. The molecule has 0 aromatic heterocycles. The Morgan fingerprint density at radius 3 is 2.95 bits per heavy atom. The lowest BCUT2D eigenvalue weighted by molar-refractivity contribution is -0.00915. The molecule has 0 aliphatic carbocycles. The minimum atomic E-state index is -0.559. The molecular weight excluding hydrogens is 245 g/mol. The molecule has 1 spiro atoms. The Kier molecular flexibility index (Phi) is 3.02. The van der Waals surface area contributed by atoms with Crippen molar-refractivity contribution in [2.75, 3.05) is 13.1 Å². The Hall–Kier alpha value is -1.13. The lowest BCUT2D eigenvalue weighted by atomic mass is 9.88. The third-order valence-corrected chi connectivity index (χ3v) is 4.30. The highest BCUT2D eigenvalue weighted by Crippen LogP contribution is 2.44. The van der Waals surface area contributed by atoms with E-state index in [0.717, 1.165) is 19.5 Å². The van der Waals surface area contributed by atoms with Crippen molar-refractivity contribution in [3.63, 3.8) is 0 Å². The van der Waals surface area contributed by atoms with Gasteiger partial charge < -0.3 is 9.84 Å². The van der Waals surface area contributed by atoms with Crippen molar-refractivity contribution in [3.8, 4) is 5.75 Å². The van der Waals surface area contributed by atoms with E-state index in [1.807, 2.05) is 0 Å². The van der Waals surface area contributed by atoms with E-state index < -0.39 is 6.10 Å². The summed E-state index contributed by atoms with van der Waals surface area (Å²) in [5.41, 5.74) is 0.347. The van der Waals surface area contributed by atoms with E-state index in [1.165, 1.54) is 12.1 Å². The van der Waals surface area contributed by atoms with Crippen LogP contribution in [-0.2, 0) is 0 Å². The third kappa shape index (κ3) is 2.23. The van der Waals surface area contributed by atoms with Gasteiger partial charge in [0.15, 0.2) is 0 Å². The summed E-state index contributed by atoms with van der Waals surface area (Å²) in [4.78, 5) is 2.34. The van der Waals surface area contributed by atoms with Gasteiger partial charge in [-0.05, 0) is 26.0 Å². The molecule has 2 heterocycles. The van der Waals surface area contributed by atoms with Crippen LogP contribution in [-0.4, -0.2) is 34.7 Å². The second-order valence-electron chi connectivity index (χ2n) is 6.00. The molecule has 2 aliphatic rings. The second kappa shape index (κ2) is 4.46. The van der Waals surface area contributed by atoms with Gasteiger partial charge in [-0.1, -0.05) is 0 Å². The predicted octanol–water partition coefficient (Wildman–Crippen LogP) is 2.49. The van der Waals surface area contributed by atoms with E-state index in [-0.39, 0.29) is 11.4 Å². The van der Waals surface area contributed by atoms with Crippen LogP contribution in [0.25, 0.3) is 0 Å². The second-order valence-corrected chi connectivity index (χ2v) is 6.00. The first-order valence-corrected chi connectivity index (χ1v) is 6.90. The number of hydrogen-bond donors (Lipinski definition) is 1. The zero-order chi connectivity index (χ0) is 13.6. The van der Waals surface area contributed by atoms with E-state index in [4.69, 9.17) is 4.74 Å². The highest BCUT2D eigenvalue weighted by atomic mass is 19.1. The molecule has 1 saturated heterocycles. The van der Waals surface area contributed by atoms with Crippen molar-refractivity contribution in [3.05, 3.63) is 29.6 Å². The van der Waals surface area contributed by atoms with Crippen LogP contribution in [0.5, 0.6) is 5.75 Å². The lowest BCUT2D eigenvalue weighted by Gasteiger charge is -2.38. The number of halogens is 1. The maximum absolute atomic E-state index is 13.3. The monoisotopic (exact) mass is 265 g/mol. The number of fused-ring (bicyclic) bond motifs is 1. The SMILES string of the molecule is CC(C)N1CCC2(C[C@H](O)c3ccc(F)cc3O2)C1. The van der Waals surface area contributed by atoms with Gasteiger partial charge in [0.2, 0.25) is 0 Å². The van der Waals surface area contributed by atoms with Crippen molar-refractivity contribution in [2.24, 2.45) is 0 Å². The fraction of sp³-hybridized carbons (Fsp3) is 0.600. The summed E-state index contributed by atoms with van der Waals surface area (Å²) in [5, 5.41) is 10.3. The van der Waals surface area contributed by atoms with Crippen LogP contribution >= 0.6 is 0 Å². The van der Waals surface area contributed by atoms with Crippen LogP contribution in [0.3, 0.4) is 0 Å². The fourth-order valence-electron chi connectivity index (χ4n) is 3.18. The van der Waals surface area contributed by atoms with Gasteiger partial charge in [0.1, 0.15) is 17.2 Å². The van der Waals surface area contributed by atoms with Crippen LogP contribution in [0.4, 0.5) is 4.39 Å². The highest BCUT2D eigenvalue weighted by molar-refractivity contribution is 5.39. The van der Waals surface area contributed by atoms with Crippen LogP contribution in [0.1, 0.15) is 38.4 Å². The molecule has 4 heteroatoms. The first-order valence-electron chi connectivity index (χ1n) is 6.90. The highest BCUT2D eigenvalue weighted by Gasteiger charge is 2.46. The Morgan fingerprint density at radius 2 is 2.26 bits per heavy atom. The van der Waals surface area contributed by atoms with Crippen molar-refractivity contribution < 1.29 is 14.2 Å². The van der Waals surface area contributed by atoms with Crippen LogP contribution in [0.15, 0.2) is 18.2 Å². The first kappa shape index (κ1) is 12.9. The minimum absolute atomic E-state index is 0.318. The number of aliphatic hydroxyl groups is 1. The first-order chi connectivity index (χ1) is 8.99. The molecule has 0 radical (unpaired) electrons. The summed E-state index contributed by atoms with van der Waals surface area (Å²) in [6.45, 7) is 6.09. The molecule has 0 amide bonds. The number of rotatable bonds is 1. The van der Waals surface area contributed by atoms with Crippen molar-refractivity contribution in [2.45, 2.75) is 44.4 Å². The summed E-state index contributed by atoms with van der Waals surface area (Å²) in [6, 6.07) is 4.85. The van der Waals surface area contributed by atoms with Crippen molar-refractivity contribution in [1.82, 2.24) is 4.90 Å². The summed E-state index contributed by atoms with van der Waals surface area (Å²) in [5.74, 6) is 0.186. The molecule has 19 heavy (non-hydrogen) atoms. The van der Waals surface area contributed by atoms with Gasteiger partial charge in [-0.2, -0.15) is 0 Å². The van der Waals surface area contributed by atoms with Crippen LogP contribution < -0.4 is 4.74 Å². The summed E-state index contributed by atoms with van der Waals surface area (Å²) in [6.07, 6.45) is 0.920. The number of hydrogen-bond acceptors (Lipinski definition) is 3. The summed E-state index contributed by atoms with van der Waals surface area (Å²) in [7, 11) is 0. The number of benzene rings is 1. The predicted molar refractivity (Wildman–Crippen MR) is 70.7 cm³/mol. The fourth-order valence-corrected chi connectivity index (χ4v) is 3.18. The maximum Gasteiger partial charge on any atom is 0.128 e. The molecule has 1 N–H and O–H groups in total. The number of aliphatic hydroxyl groups excluding tert-OH is 1. The number of likely N-dealkylation sites (tertiary alicyclic amines) is 1. The van der Waals surface area contributed by atoms with Crippen LogP contribution in [0.2, 0.25) is 0 Å². The van der Waals surface area contributed by atoms with Gasteiger partial charge in [-0.15, -0.1) is 0 Å². The zero-order valence-electron chi connectivity index (χ0n) is 11.4. The standard InChI is InChI=1S/C15H20FNO2/c1-10(2)17-6-5-15(9-17)8-13(18)12-4-3-11(16)7-14(12)19-15/h3-4,7,10,13,18H,5-6,8-9H2,1-2H3/t13-,15?/m0/s1. The van der Waals surface area contributed by atoms with Gasteiger partial charge in [-0.3, -0.25) is 4.90 Å². The molecule has 2 atom stereocenters. The van der Waals surface area contributed by atoms with E-state index in [0.29, 0.717) is 23.8 Å². The maximum atomic E-state index is 13.3. The minimum Gasteiger partial charge on any atom is -0.485 e. The molecule has 0 saturated carbocycles. The number of nitrogens with zero attached hydrogens (tertiary/aromatic N) is 1. The van der Waals surface area contributed by atoms with Gasteiger partial charge in [-0.25, -0.2) is 4.39 Å². The summed E-state index contributed by atoms with van der Waals surface area (Å²) >= 11 is 0. The van der Waals surface area contributed by atoms with E-state index in [2.05, 4.69) is 18.7 Å². The molecule has 0 bridgehead atoms. The number of ether oxygens (including phenoxy) is 1. The Labute approximate surface area is 113 Å².